The van der Waals surface area contributed by atoms with Crippen molar-refractivity contribution < 1.29 is 0 Å². The lowest BCUT2D eigenvalue weighted by molar-refractivity contribution is 0.711. The smallest absolute Gasteiger partial charge is 0.260 e. The zero-order valence-corrected chi connectivity index (χ0v) is 14.1. The Balaban J connectivity index is 1.69. The Bertz CT molecular complexity index is 689. The maximum absolute atomic E-state index is 5.25. The summed E-state index contributed by atoms with van der Waals surface area (Å²) in [5.41, 5.74) is 10.5. The molecule has 1 atom stereocenters. The van der Waals surface area contributed by atoms with Gasteiger partial charge in [0.2, 0.25) is 4.77 Å². The van der Waals surface area contributed by atoms with Crippen LogP contribution in [-0.2, 0) is 0 Å². The van der Waals surface area contributed by atoms with Gasteiger partial charge in [-0.1, -0.05) is 12.2 Å². The van der Waals surface area contributed by atoms with E-state index in [-0.39, 0.29) is 6.04 Å². The molecule has 0 bridgehead atoms. The molecule has 4 N–H and O–H groups in total. The molecule has 0 amide bonds. The van der Waals surface area contributed by atoms with E-state index in [2.05, 4.69) is 61.2 Å². The van der Waals surface area contributed by atoms with Crippen LogP contribution in [0.1, 0.15) is 12.8 Å². The van der Waals surface area contributed by atoms with E-state index in [1.807, 2.05) is 24.3 Å². The normalized spacial score (nSPS) is 16.9. The van der Waals surface area contributed by atoms with Gasteiger partial charge >= 0.3 is 0 Å². The summed E-state index contributed by atoms with van der Waals surface area (Å²) >= 11 is 7.52. The van der Waals surface area contributed by atoms with Crippen molar-refractivity contribution in [2.75, 3.05) is 16.3 Å². The van der Waals surface area contributed by atoms with Crippen LogP contribution in [0.3, 0.4) is 0 Å². The second-order valence-corrected chi connectivity index (χ2v) is 6.32. The Hall–Kier alpha value is -1.55. The minimum atomic E-state index is 0.285. The van der Waals surface area contributed by atoms with Crippen LogP contribution in [0.25, 0.3) is 0 Å². The van der Waals surface area contributed by atoms with Gasteiger partial charge in [-0.25, -0.2) is 5.10 Å². The summed E-state index contributed by atoms with van der Waals surface area (Å²) in [4.78, 5) is 0. The van der Waals surface area contributed by atoms with Crippen molar-refractivity contribution >= 4 is 46.4 Å². The van der Waals surface area contributed by atoms with Crippen molar-refractivity contribution in [3.63, 3.8) is 0 Å². The van der Waals surface area contributed by atoms with Gasteiger partial charge in [-0.2, -0.15) is 4.68 Å². The van der Waals surface area contributed by atoms with Crippen LogP contribution < -0.4 is 16.3 Å². The summed E-state index contributed by atoms with van der Waals surface area (Å²) in [5, 5.41) is 6.96. The molecule has 1 aliphatic rings. The van der Waals surface area contributed by atoms with E-state index in [1.165, 1.54) is 3.57 Å². The lowest BCUT2D eigenvalue weighted by Crippen LogP contribution is -2.27. The van der Waals surface area contributed by atoms with E-state index < -0.39 is 0 Å². The molecule has 3 rings (SSSR count). The monoisotopic (exact) mass is 414 g/mol. The largest absolute Gasteiger partial charge is 0.314 e. The molecule has 8 heteroatoms. The number of nitrogens with one attached hydrogen (secondary N) is 4. The first-order valence-corrected chi connectivity index (χ1v) is 8.09. The van der Waals surface area contributed by atoms with Gasteiger partial charge in [-0.3, -0.25) is 10.9 Å². The van der Waals surface area contributed by atoms with Crippen LogP contribution in [0.15, 0.2) is 36.4 Å². The molecule has 110 valence electrons. The highest BCUT2D eigenvalue weighted by molar-refractivity contribution is 14.1. The van der Waals surface area contributed by atoms with E-state index >= 15 is 0 Å². The molecule has 0 fully saturated rings. The first kappa shape index (κ1) is 14.4. The number of benzene rings is 1. The lowest BCUT2D eigenvalue weighted by Gasteiger charge is -2.16. The summed E-state index contributed by atoms with van der Waals surface area (Å²) in [7, 11) is 0. The van der Waals surface area contributed by atoms with Gasteiger partial charge in [0.25, 0.3) is 5.95 Å². The van der Waals surface area contributed by atoms with Crippen molar-refractivity contribution in [1.29, 1.82) is 0 Å². The van der Waals surface area contributed by atoms with Gasteiger partial charge in [-0.05, 0) is 71.9 Å². The third-order valence-corrected chi connectivity index (χ3v) is 4.14. The SMILES string of the molecule is S=c1[nH]nc(NNc2ccc(I)cc2)n1NC1C=CCC1. The number of hydrogen-bond acceptors (Lipinski definition) is 5. The molecule has 0 saturated heterocycles. The first-order valence-electron chi connectivity index (χ1n) is 6.60. The van der Waals surface area contributed by atoms with Gasteiger partial charge in [-0.15, -0.1) is 5.10 Å². The minimum absolute atomic E-state index is 0.285. The fourth-order valence-corrected chi connectivity index (χ4v) is 2.61. The second kappa shape index (κ2) is 6.48. The summed E-state index contributed by atoms with van der Waals surface area (Å²) in [6, 6.07) is 8.33. The average Bonchev–Trinajstić information content (AvgIpc) is 3.11. The number of aromatic amines is 1. The number of aromatic nitrogens is 3. The first-order chi connectivity index (χ1) is 10.2. The number of H-pyrrole nitrogens is 1. The molecule has 2 aromatic rings. The molecular formula is C13H15IN6S. The zero-order chi connectivity index (χ0) is 14.7. The molecule has 1 aromatic carbocycles. The summed E-state index contributed by atoms with van der Waals surface area (Å²) in [5.74, 6) is 0.596. The van der Waals surface area contributed by atoms with Crippen LogP contribution in [0.4, 0.5) is 11.6 Å². The van der Waals surface area contributed by atoms with Crippen LogP contribution in [0, 0.1) is 8.34 Å². The molecular weight excluding hydrogens is 399 g/mol. The maximum atomic E-state index is 5.25. The summed E-state index contributed by atoms with van der Waals surface area (Å²) in [6.07, 6.45) is 6.47. The maximum Gasteiger partial charge on any atom is 0.260 e. The fraction of sp³-hybridized carbons (Fsp3) is 0.231. The lowest BCUT2D eigenvalue weighted by atomic mass is 10.3. The van der Waals surface area contributed by atoms with Crippen LogP contribution >= 0.6 is 34.8 Å². The number of halogens is 1. The molecule has 1 unspecified atom stereocenters. The molecule has 1 aromatic heterocycles. The van der Waals surface area contributed by atoms with Gasteiger partial charge in [0, 0.05) is 3.57 Å². The third-order valence-electron chi connectivity index (χ3n) is 3.14. The second-order valence-electron chi connectivity index (χ2n) is 4.69. The Labute approximate surface area is 141 Å². The van der Waals surface area contributed by atoms with Crippen LogP contribution in [-0.4, -0.2) is 20.9 Å². The van der Waals surface area contributed by atoms with E-state index in [1.54, 1.807) is 4.68 Å². The Morgan fingerprint density at radius 3 is 2.81 bits per heavy atom. The highest BCUT2D eigenvalue weighted by Gasteiger charge is 2.12. The predicted molar refractivity (Wildman–Crippen MR) is 95.3 cm³/mol. The van der Waals surface area contributed by atoms with Gasteiger partial charge in [0.1, 0.15) is 0 Å². The minimum Gasteiger partial charge on any atom is -0.314 e. The van der Waals surface area contributed by atoms with Crippen molar-refractivity contribution in [1.82, 2.24) is 14.9 Å². The van der Waals surface area contributed by atoms with Crippen LogP contribution in [0.5, 0.6) is 0 Å². The van der Waals surface area contributed by atoms with E-state index in [4.69, 9.17) is 12.2 Å². The molecule has 1 aliphatic carbocycles. The number of hydrogen-bond donors (Lipinski definition) is 4. The molecule has 0 radical (unpaired) electrons. The molecule has 6 nitrogen and oxygen atoms in total. The van der Waals surface area contributed by atoms with E-state index in [0.29, 0.717) is 10.7 Å². The number of allylic oxidation sites excluding steroid dienone is 1. The number of anilines is 2. The standard InChI is InChI=1S/C13H15IN6S/c14-9-5-7-10(8-6-9)15-16-12-17-18-13(21)20(12)19-11-3-1-2-4-11/h1,3,5-8,11,15,19H,2,4H2,(H,16,17)(H,18,21). The predicted octanol–water partition coefficient (Wildman–Crippen LogP) is 3.25. The third kappa shape index (κ3) is 3.56. The number of hydrazine groups is 1. The van der Waals surface area contributed by atoms with E-state index in [0.717, 1.165) is 18.5 Å². The van der Waals surface area contributed by atoms with Gasteiger partial charge in [0.15, 0.2) is 0 Å². The molecule has 0 saturated carbocycles. The Kier molecular flexibility index (Phi) is 4.44. The van der Waals surface area contributed by atoms with Crippen molar-refractivity contribution in [3.8, 4) is 0 Å². The van der Waals surface area contributed by atoms with Gasteiger partial charge in [0.05, 0.1) is 11.7 Å². The van der Waals surface area contributed by atoms with Gasteiger partial charge < -0.3 is 5.43 Å². The Morgan fingerprint density at radius 2 is 2.10 bits per heavy atom. The highest BCUT2D eigenvalue weighted by atomic mass is 127. The molecule has 1 heterocycles. The number of rotatable bonds is 5. The van der Waals surface area contributed by atoms with Crippen molar-refractivity contribution in [2.24, 2.45) is 0 Å². The fourth-order valence-electron chi connectivity index (χ4n) is 2.07. The molecule has 21 heavy (non-hydrogen) atoms. The molecule has 0 aliphatic heterocycles. The quantitative estimate of drug-likeness (QED) is 0.262. The zero-order valence-electron chi connectivity index (χ0n) is 11.1. The molecule has 0 spiro atoms. The number of nitrogens with zero attached hydrogens (tertiary/aromatic N) is 2. The summed E-state index contributed by atoms with van der Waals surface area (Å²) < 4.78 is 3.47. The average molecular weight is 414 g/mol. The Morgan fingerprint density at radius 1 is 1.29 bits per heavy atom. The topological polar surface area (TPSA) is 69.7 Å². The van der Waals surface area contributed by atoms with Crippen molar-refractivity contribution in [3.05, 3.63) is 44.8 Å². The van der Waals surface area contributed by atoms with E-state index in [9.17, 15) is 0 Å². The van der Waals surface area contributed by atoms with Crippen LogP contribution in [0.2, 0.25) is 0 Å². The highest BCUT2D eigenvalue weighted by Crippen LogP contribution is 2.14. The van der Waals surface area contributed by atoms with Crippen molar-refractivity contribution in [2.45, 2.75) is 18.9 Å². The summed E-state index contributed by atoms with van der Waals surface area (Å²) in [6.45, 7) is 0.